The number of rotatable bonds is 3. The Hall–Kier alpha value is -2.14. The predicted molar refractivity (Wildman–Crippen MR) is 88.7 cm³/mol. The van der Waals surface area contributed by atoms with Crippen molar-refractivity contribution >= 4 is 5.91 Å². The van der Waals surface area contributed by atoms with E-state index in [0.29, 0.717) is 12.1 Å². The van der Waals surface area contributed by atoms with Gasteiger partial charge < -0.3 is 4.90 Å². The topological polar surface area (TPSA) is 41.4 Å². The number of fused-ring (bicyclic) bond motifs is 2. The molecule has 120 valence electrons. The van der Waals surface area contributed by atoms with Crippen molar-refractivity contribution in [1.82, 2.24) is 19.6 Å². The minimum Gasteiger partial charge on any atom is -0.335 e. The second kappa shape index (κ2) is 5.81. The van der Waals surface area contributed by atoms with Gasteiger partial charge >= 0.3 is 0 Å². The van der Waals surface area contributed by atoms with E-state index < -0.39 is 0 Å². The number of hydrogen-bond acceptors (Lipinski definition) is 3. The summed E-state index contributed by atoms with van der Waals surface area (Å²) < 4.78 is 1.77. The van der Waals surface area contributed by atoms with Gasteiger partial charge in [-0.3, -0.25) is 9.69 Å². The molecule has 2 saturated heterocycles. The van der Waals surface area contributed by atoms with Crippen molar-refractivity contribution < 1.29 is 4.79 Å². The van der Waals surface area contributed by atoms with Crippen LogP contribution in [-0.4, -0.2) is 57.2 Å². The lowest BCUT2D eigenvalue weighted by Gasteiger charge is -2.40. The zero-order chi connectivity index (χ0) is 15.8. The van der Waals surface area contributed by atoms with Crippen LogP contribution in [0.15, 0.2) is 42.7 Å². The highest BCUT2D eigenvalue weighted by molar-refractivity contribution is 5.97. The van der Waals surface area contributed by atoms with E-state index in [4.69, 9.17) is 0 Å². The van der Waals surface area contributed by atoms with Gasteiger partial charge in [0.15, 0.2) is 0 Å². The van der Waals surface area contributed by atoms with Crippen LogP contribution in [0.5, 0.6) is 0 Å². The summed E-state index contributed by atoms with van der Waals surface area (Å²) in [4.78, 5) is 17.7. The van der Waals surface area contributed by atoms with Gasteiger partial charge in [-0.1, -0.05) is 19.1 Å². The molecule has 1 amide bonds. The van der Waals surface area contributed by atoms with E-state index in [1.807, 2.05) is 41.4 Å². The lowest BCUT2D eigenvalue weighted by molar-refractivity contribution is 0.0466. The van der Waals surface area contributed by atoms with Crippen LogP contribution < -0.4 is 0 Å². The Morgan fingerprint density at radius 1 is 1.17 bits per heavy atom. The first-order valence-electron chi connectivity index (χ1n) is 8.42. The van der Waals surface area contributed by atoms with Crippen molar-refractivity contribution in [1.29, 1.82) is 0 Å². The molecule has 5 heteroatoms. The third kappa shape index (κ3) is 2.45. The Balaban J connectivity index is 1.62. The van der Waals surface area contributed by atoms with Crippen LogP contribution in [0, 0.1) is 0 Å². The molecule has 0 N–H and O–H groups in total. The van der Waals surface area contributed by atoms with Gasteiger partial charge in [0, 0.05) is 37.6 Å². The number of piperazine rings is 1. The minimum absolute atomic E-state index is 0.128. The normalized spacial score (nSPS) is 24.1. The number of carbonyl (C=O) groups is 1. The molecule has 0 spiro atoms. The van der Waals surface area contributed by atoms with Gasteiger partial charge in [-0.25, -0.2) is 4.68 Å². The van der Waals surface area contributed by atoms with Crippen molar-refractivity contribution in [3.8, 4) is 5.69 Å². The molecule has 4 rings (SSSR count). The number of aromatic nitrogens is 2. The van der Waals surface area contributed by atoms with Crippen molar-refractivity contribution in [3.05, 3.63) is 48.3 Å². The van der Waals surface area contributed by atoms with E-state index in [9.17, 15) is 4.79 Å². The largest absolute Gasteiger partial charge is 0.335 e. The lowest BCUT2D eigenvalue weighted by Crippen LogP contribution is -2.55. The van der Waals surface area contributed by atoms with Gasteiger partial charge in [0.2, 0.25) is 0 Å². The maximum Gasteiger partial charge on any atom is 0.256 e. The van der Waals surface area contributed by atoms with Crippen LogP contribution in [0.25, 0.3) is 5.69 Å². The molecule has 2 bridgehead atoms. The number of hydrogen-bond donors (Lipinski definition) is 0. The average molecular weight is 310 g/mol. The molecule has 3 heterocycles. The molecule has 0 radical (unpaired) electrons. The quantitative estimate of drug-likeness (QED) is 0.872. The standard InChI is InChI=1S/C18H22N4O/c1-2-21-14-8-9-15(21)13-20(12-14)18(23)16-6-3-4-7-17(16)22-11-5-10-19-22/h3-7,10-11,14-15H,2,8-9,12-13H2,1H3. The summed E-state index contributed by atoms with van der Waals surface area (Å²) in [5.41, 5.74) is 1.59. The monoisotopic (exact) mass is 310 g/mol. The first-order chi connectivity index (χ1) is 11.3. The number of nitrogens with zero attached hydrogens (tertiary/aromatic N) is 4. The zero-order valence-electron chi connectivity index (χ0n) is 13.4. The first-order valence-corrected chi connectivity index (χ1v) is 8.42. The third-order valence-electron chi connectivity index (χ3n) is 5.17. The van der Waals surface area contributed by atoms with Gasteiger partial charge in [-0.05, 0) is 37.6 Å². The number of likely N-dealkylation sites (N-methyl/N-ethyl adjacent to an activating group) is 1. The van der Waals surface area contributed by atoms with Gasteiger partial charge in [-0.15, -0.1) is 0 Å². The van der Waals surface area contributed by atoms with Crippen LogP contribution in [0.2, 0.25) is 0 Å². The second-order valence-electron chi connectivity index (χ2n) is 6.39. The summed E-state index contributed by atoms with van der Waals surface area (Å²) in [6.07, 6.45) is 6.04. The van der Waals surface area contributed by atoms with Crippen molar-refractivity contribution in [3.63, 3.8) is 0 Å². The molecule has 5 nitrogen and oxygen atoms in total. The Bertz CT molecular complexity index is 683. The summed E-state index contributed by atoms with van der Waals surface area (Å²) in [5, 5.41) is 4.28. The fourth-order valence-corrected chi connectivity index (χ4v) is 4.11. The van der Waals surface area contributed by atoms with Crippen LogP contribution in [0.3, 0.4) is 0 Å². The fraction of sp³-hybridized carbons (Fsp3) is 0.444. The number of para-hydroxylation sites is 1. The van der Waals surface area contributed by atoms with Crippen molar-refractivity contribution in [2.24, 2.45) is 0 Å². The average Bonchev–Trinajstić information content (AvgIpc) is 3.20. The van der Waals surface area contributed by atoms with Gasteiger partial charge in [-0.2, -0.15) is 5.10 Å². The Kier molecular flexibility index (Phi) is 3.65. The van der Waals surface area contributed by atoms with Crippen molar-refractivity contribution in [2.45, 2.75) is 31.8 Å². The molecule has 2 aliphatic heterocycles. The van der Waals surface area contributed by atoms with Crippen LogP contribution in [-0.2, 0) is 0 Å². The van der Waals surface area contributed by atoms with E-state index in [1.54, 1.807) is 10.9 Å². The highest BCUT2D eigenvalue weighted by Crippen LogP contribution is 2.30. The van der Waals surface area contributed by atoms with E-state index in [1.165, 1.54) is 12.8 Å². The Labute approximate surface area is 136 Å². The Morgan fingerprint density at radius 3 is 2.57 bits per heavy atom. The summed E-state index contributed by atoms with van der Waals surface area (Å²) in [6, 6.07) is 10.7. The molecule has 1 aromatic carbocycles. The van der Waals surface area contributed by atoms with E-state index in [2.05, 4.69) is 16.9 Å². The fourth-order valence-electron chi connectivity index (χ4n) is 4.11. The van der Waals surface area contributed by atoms with Crippen LogP contribution >= 0.6 is 0 Å². The summed E-state index contributed by atoms with van der Waals surface area (Å²) >= 11 is 0. The molecule has 2 unspecified atom stereocenters. The maximum absolute atomic E-state index is 13.1. The Morgan fingerprint density at radius 2 is 1.91 bits per heavy atom. The highest BCUT2D eigenvalue weighted by atomic mass is 16.2. The van der Waals surface area contributed by atoms with E-state index in [0.717, 1.165) is 30.9 Å². The summed E-state index contributed by atoms with van der Waals surface area (Å²) in [5.74, 6) is 0.128. The first kappa shape index (κ1) is 14.5. The number of likely N-dealkylation sites (tertiary alicyclic amines) is 1. The minimum atomic E-state index is 0.128. The molecule has 0 saturated carbocycles. The SMILES string of the molecule is CCN1C2CCC1CN(C(=O)c1ccccc1-n1cccn1)C2. The second-order valence-corrected chi connectivity index (χ2v) is 6.39. The van der Waals surface area contributed by atoms with Gasteiger partial charge in [0.05, 0.1) is 11.3 Å². The van der Waals surface area contributed by atoms with Crippen LogP contribution in [0.4, 0.5) is 0 Å². The molecular weight excluding hydrogens is 288 g/mol. The molecule has 1 aromatic heterocycles. The molecule has 23 heavy (non-hydrogen) atoms. The van der Waals surface area contributed by atoms with Crippen molar-refractivity contribution in [2.75, 3.05) is 19.6 Å². The third-order valence-corrected chi connectivity index (χ3v) is 5.17. The molecule has 2 atom stereocenters. The molecular formula is C18H22N4O. The molecule has 2 fully saturated rings. The van der Waals surface area contributed by atoms with Gasteiger partial charge in [0.1, 0.15) is 0 Å². The zero-order valence-corrected chi connectivity index (χ0v) is 13.4. The molecule has 2 aliphatic rings. The smallest absolute Gasteiger partial charge is 0.256 e. The maximum atomic E-state index is 13.1. The molecule has 0 aliphatic carbocycles. The predicted octanol–water partition coefficient (Wildman–Crippen LogP) is 2.18. The molecule has 2 aromatic rings. The van der Waals surface area contributed by atoms with E-state index >= 15 is 0 Å². The number of amides is 1. The lowest BCUT2D eigenvalue weighted by atomic mass is 10.1. The highest BCUT2D eigenvalue weighted by Gasteiger charge is 2.40. The summed E-state index contributed by atoms with van der Waals surface area (Å²) in [6.45, 7) is 4.99. The van der Waals surface area contributed by atoms with E-state index in [-0.39, 0.29) is 5.91 Å². The number of carbonyl (C=O) groups excluding carboxylic acids is 1. The van der Waals surface area contributed by atoms with Gasteiger partial charge in [0.25, 0.3) is 5.91 Å². The van der Waals surface area contributed by atoms with Crippen LogP contribution in [0.1, 0.15) is 30.1 Å². The summed E-state index contributed by atoms with van der Waals surface area (Å²) in [7, 11) is 0. The number of benzene rings is 1.